The van der Waals surface area contributed by atoms with Crippen molar-refractivity contribution in [1.29, 1.82) is 0 Å². The molecule has 0 bridgehead atoms. The van der Waals surface area contributed by atoms with Crippen molar-refractivity contribution in [3.8, 4) is 0 Å². The van der Waals surface area contributed by atoms with Gasteiger partial charge in [-0.25, -0.2) is 4.79 Å². The van der Waals surface area contributed by atoms with Gasteiger partial charge in [-0.3, -0.25) is 9.59 Å². The van der Waals surface area contributed by atoms with Gasteiger partial charge in [0.1, 0.15) is 13.2 Å². The molecule has 0 spiro atoms. The lowest BCUT2D eigenvalue weighted by molar-refractivity contribution is -0.870. The van der Waals surface area contributed by atoms with E-state index in [0.29, 0.717) is 17.4 Å². The summed E-state index contributed by atoms with van der Waals surface area (Å²) in [5.74, 6) is -2.05. The number of allylic oxidation sites excluding steroid dienone is 34. The van der Waals surface area contributed by atoms with Crippen molar-refractivity contribution in [2.75, 3.05) is 47.5 Å². The van der Waals surface area contributed by atoms with Crippen molar-refractivity contribution < 1.29 is 42.9 Å². The number of ether oxygens (including phenoxy) is 4. The Morgan fingerprint density at radius 1 is 0.316 bits per heavy atom. The van der Waals surface area contributed by atoms with Gasteiger partial charge in [-0.15, -0.1) is 0 Å². The average Bonchev–Trinajstić information content (AvgIpc) is 3.75. The van der Waals surface area contributed by atoms with Crippen LogP contribution in [-0.4, -0.2) is 87.4 Å². The molecule has 0 aliphatic carbocycles. The molecule has 9 nitrogen and oxygen atoms in total. The third kappa shape index (κ3) is 75.1. The van der Waals surface area contributed by atoms with E-state index in [9.17, 15) is 19.5 Å². The van der Waals surface area contributed by atoms with E-state index in [2.05, 4.69) is 220 Å². The smallest absolute Gasteiger partial charge is 0.361 e. The first-order valence-electron chi connectivity index (χ1n) is 37.2. The zero-order valence-corrected chi connectivity index (χ0v) is 60.7. The molecule has 1 N–H and O–H groups in total. The second kappa shape index (κ2) is 73.7. The standard InChI is InChI=1S/C86H135NO8/c1-6-8-10-12-14-16-18-20-22-24-26-28-30-32-34-36-38-40-41-42-43-45-47-49-51-53-55-57-59-61-63-65-67-69-71-73-75-77-84(89)95-82(81-94-86(85(90)91)92-79-78-87(3,4)5)80-93-83(88)76-74-72-70-68-66-64-62-60-58-56-54-52-50-48-46-44-39-37-35-33-31-29-27-25-23-21-19-17-15-13-11-9-7-2/h8-11,14-17,20-23,26-29,32-35,38-40,42-44,47-50,53,55,59,61,82,86H,6-7,12-13,18-19,24-25,30-31,36-37,41,45-46,51-52,54,56-58,60,62-81H2,1-5H3/p+1/b10-8-,11-9-,16-14-,17-15-,22-20-,23-21-,28-26-,29-27-,34-32-,35-33-,40-38-,43-42-,44-39-,49-47-,50-48-,55-53-,61-59-. The molecule has 9 heteroatoms. The summed E-state index contributed by atoms with van der Waals surface area (Å²) in [7, 11) is 5.96. The topological polar surface area (TPSA) is 108 Å². The van der Waals surface area contributed by atoms with Crippen LogP contribution in [0.2, 0.25) is 0 Å². The summed E-state index contributed by atoms with van der Waals surface area (Å²) < 4.78 is 23.0. The van der Waals surface area contributed by atoms with Gasteiger partial charge in [-0.2, -0.15) is 0 Å². The molecule has 0 aromatic rings. The van der Waals surface area contributed by atoms with Crippen LogP contribution in [0.4, 0.5) is 0 Å². The lowest BCUT2D eigenvalue weighted by Gasteiger charge is -2.25. The minimum atomic E-state index is -1.53. The van der Waals surface area contributed by atoms with Gasteiger partial charge in [-0.05, 0) is 148 Å². The molecule has 0 aromatic carbocycles. The Balaban J connectivity index is 4.22. The Hall–Kier alpha value is -6.13. The number of rotatable bonds is 66. The molecule has 0 aliphatic rings. The highest BCUT2D eigenvalue weighted by Gasteiger charge is 2.25. The molecule has 0 fully saturated rings. The lowest BCUT2D eigenvalue weighted by Crippen LogP contribution is -2.40. The maximum absolute atomic E-state index is 13.0. The van der Waals surface area contributed by atoms with E-state index >= 15 is 0 Å². The molecule has 0 aromatic heterocycles. The molecule has 0 rings (SSSR count). The fourth-order valence-corrected chi connectivity index (χ4v) is 9.43. The summed E-state index contributed by atoms with van der Waals surface area (Å²) in [4.78, 5) is 37.7. The van der Waals surface area contributed by atoms with Gasteiger partial charge >= 0.3 is 17.9 Å². The van der Waals surface area contributed by atoms with Crippen LogP contribution < -0.4 is 0 Å². The predicted octanol–water partition coefficient (Wildman–Crippen LogP) is 23.9. The summed E-state index contributed by atoms with van der Waals surface area (Å²) in [6.45, 7) is 4.61. The van der Waals surface area contributed by atoms with Gasteiger partial charge in [0.05, 0.1) is 34.4 Å². The number of quaternary nitrogens is 1. The molecule has 0 heterocycles. The van der Waals surface area contributed by atoms with Crippen LogP contribution in [0, 0.1) is 0 Å². The third-order valence-electron chi connectivity index (χ3n) is 15.0. The molecular formula is C86H136NO8+. The van der Waals surface area contributed by atoms with E-state index in [1.54, 1.807) is 0 Å². The maximum atomic E-state index is 13.0. The Morgan fingerprint density at radius 3 is 0.842 bits per heavy atom. The van der Waals surface area contributed by atoms with Gasteiger partial charge in [0, 0.05) is 12.8 Å². The van der Waals surface area contributed by atoms with Crippen LogP contribution in [0.5, 0.6) is 0 Å². The molecule has 0 saturated heterocycles. The quantitative estimate of drug-likeness (QED) is 0.0211. The van der Waals surface area contributed by atoms with E-state index in [0.717, 1.165) is 180 Å². The molecule has 95 heavy (non-hydrogen) atoms. The minimum absolute atomic E-state index is 0.173. The van der Waals surface area contributed by atoms with Crippen molar-refractivity contribution in [3.05, 3.63) is 207 Å². The summed E-state index contributed by atoms with van der Waals surface area (Å²) in [6.07, 6.45) is 112. The first-order chi connectivity index (χ1) is 46.6. The van der Waals surface area contributed by atoms with E-state index in [-0.39, 0.29) is 38.6 Å². The van der Waals surface area contributed by atoms with Crippen LogP contribution in [0.25, 0.3) is 0 Å². The first kappa shape index (κ1) is 88.9. The predicted molar refractivity (Wildman–Crippen MR) is 409 cm³/mol. The molecule has 2 atom stereocenters. The Morgan fingerprint density at radius 2 is 0.568 bits per heavy atom. The molecule has 2 unspecified atom stereocenters. The third-order valence-corrected chi connectivity index (χ3v) is 15.0. The van der Waals surface area contributed by atoms with Crippen LogP contribution in [-0.2, 0) is 33.3 Å². The normalized spacial score (nSPS) is 13.9. The average molecular weight is 1310 g/mol. The number of carbonyl (C=O) groups excluding carboxylic acids is 2. The Labute approximate surface area is 582 Å². The van der Waals surface area contributed by atoms with Gasteiger partial charge in [0.2, 0.25) is 0 Å². The highest BCUT2D eigenvalue weighted by atomic mass is 16.7. The van der Waals surface area contributed by atoms with Gasteiger partial charge in [0.15, 0.2) is 6.10 Å². The SMILES string of the molecule is CC/C=C\C/C=C\C/C=C\C/C=C\C/C=C\C/C=C\C/C=C\C/C=C\C/C=C\C/C=C\CCCCCCCCC(=O)OC(COC(=O)CCCCCCCCCCCCC/C=C\C/C=C\C/C=C\C/C=C\C/C=C\C/C=C\C/C=C\CC)COC(OCC[N+](C)(C)C)C(=O)O. The Kier molecular flexibility index (Phi) is 68.9. The summed E-state index contributed by atoms with van der Waals surface area (Å²) in [5, 5.41) is 9.76. The minimum Gasteiger partial charge on any atom is -0.477 e. The number of carbonyl (C=O) groups is 3. The lowest BCUT2D eigenvalue weighted by atomic mass is 10.0. The first-order valence-corrected chi connectivity index (χ1v) is 37.2. The molecule has 0 amide bonds. The summed E-state index contributed by atoms with van der Waals surface area (Å²) in [5.41, 5.74) is 0. The van der Waals surface area contributed by atoms with Crippen molar-refractivity contribution >= 4 is 17.9 Å². The molecule has 0 radical (unpaired) electrons. The monoisotopic (exact) mass is 1310 g/mol. The van der Waals surface area contributed by atoms with Crippen molar-refractivity contribution in [3.63, 3.8) is 0 Å². The van der Waals surface area contributed by atoms with E-state index in [1.807, 2.05) is 21.1 Å². The number of nitrogens with zero attached hydrogens (tertiary/aromatic N) is 1. The van der Waals surface area contributed by atoms with Crippen LogP contribution in [0.1, 0.15) is 258 Å². The number of unbranched alkanes of at least 4 members (excludes halogenated alkanes) is 17. The van der Waals surface area contributed by atoms with E-state index < -0.39 is 24.3 Å². The molecule has 0 aliphatic heterocycles. The van der Waals surface area contributed by atoms with E-state index in [1.165, 1.54) is 44.9 Å². The summed E-state index contributed by atoms with van der Waals surface area (Å²) in [6, 6.07) is 0. The highest BCUT2D eigenvalue weighted by molar-refractivity contribution is 5.71. The number of likely N-dealkylation sites (N-methyl/N-ethyl adjacent to an activating group) is 1. The van der Waals surface area contributed by atoms with Crippen LogP contribution in [0.3, 0.4) is 0 Å². The molecular weight excluding hydrogens is 1170 g/mol. The molecule has 0 saturated carbocycles. The fourth-order valence-electron chi connectivity index (χ4n) is 9.43. The zero-order valence-electron chi connectivity index (χ0n) is 60.7. The van der Waals surface area contributed by atoms with Gasteiger partial charge < -0.3 is 28.5 Å². The van der Waals surface area contributed by atoms with E-state index in [4.69, 9.17) is 18.9 Å². The maximum Gasteiger partial charge on any atom is 0.361 e. The number of hydrogen-bond donors (Lipinski definition) is 1. The second-order valence-electron chi connectivity index (χ2n) is 25.1. The van der Waals surface area contributed by atoms with Crippen LogP contribution >= 0.6 is 0 Å². The number of hydrogen-bond acceptors (Lipinski definition) is 7. The van der Waals surface area contributed by atoms with Gasteiger partial charge in [-0.1, -0.05) is 304 Å². The number of carboxylic acid groups (broad SMARTS) is 1. The number of esters is 2. The largest absolute Gasteiger partial charge is 0.477 e. The highest BCUT2D eigenvalue weighted by Crippen LogP contribution is 2.15. The van der Waals surface area contributed by atoms with Crippen molar-refractivity contribution in [2.24, 2.45) is 0 Å². The summed E-state index contributed by atoms with van der Waals surface area (Å²) >= 11 is 0. The van der Waals surface area contributed by atoms with Gasteiger partial charge in [0.25, 0.3) is 6.29 Å². The van der Waals surface area contributed by atoms with Crippen molar-refractivity contribution in [1.82, 2.24) is 0 Å². The Bertz CT molecular complexity index is 2320. The molecule has 532 valence electrons. The number of aliphatic carboxylic acids is 1. The second-order valence-corrected chi connectivity index (χ2v) is 25.1. The van der Waals surface area contributed by atoms with Crippen LogP contribution in [0.15, 0.2) is 207 Å². The number of carboxylic acids is 1. The zero-order chi connectivity index (χ0) is 69.0. The van der Waals surface area contributed by atoms with Crippen molar-refractivity contribution in [2.45, 2.75) is 270 Å². The fraction of sp³-hybridized carbons (Fsp3) is 0.570.